The highest BCUT2D eigenvalue weighted by Crippen LogP contribution is 2.42. The Hall–Kier alpha value is -0.740. The van der Waals surface area contributed by atoms with Crippen molar-refractivity contribution in [3.05, 3.63) is 22.2 Å². The van der Waals surface area contributed by atoms with Crippen molar-refractivity contribution in [1.82, 2.24) is 5.32 Å². The van der Waals surface area contributed by atoms with Crippen molar-refractivity contribution >= 4 is 15.9 Å². The molecule has 1 atom stereocenters. The molecule has 4 heteroatoms. The van der Waals surface area contributed by atoms with Gasteiger partial charge in [-0.2, -0.15) is 0 Å². The first-order chi connectivity index (χ1) is 9.28. The van der Waals surface area contributed by atoms with E-state index in [1.54, 1.807) is 0 Å². The van der Waals surface area contributed by atoms with Gasteiger partial charge in [0.25, 0.3) is 0 Å². The van der Waals surface area contributed by atoms with E-state index in [0.717, 1.165) is 41.5 Å². The zero-order chi connectivity index (χ0) is 13.2. The predicted octanol–water partition coefficient (Wildman–Crippen LogP) is 3.67. The molecule has 0 aromatic heterocycles. The Morgan fingerprint density at radius 2 is 1.95 bits per heavy atom. The lowest BCUT2D eigenvalue weighted by molar-refractivity contribution is 0.297. The Labute approximate surface area is 122 Å². The molecule has 1 heterocycles. The zero-order valence-electron chi connectivity index (χ0n) is 11.2. The van der Waals surface area contributed by atoms with E-state index < -0.39 is 0 Å². The van der Waals surface area contributed by atoms with Crippen molar-refractivity contribution in [2.24, 2.45) is 5.92 Å². The predicted molar refractivity (Wildman–Crippen MR) is 78.9 cm³/mol. The minimum Gasteiger partial charge on any atom is -0.490 e. The molecule has 1 aliphatic carbocycles. The molecule has 3 nitrogen and oxygen atoms in total. The lowest BCUT2D eigenvalue weighted by Gasteiger charge is -2.20. The van der Waals surface area contributed by atoms with E-state index in [0.29, 0.717) is 6.04 Å². The summed E-state index contributed by atoms with van der Waals surface area (Å²) in [7, 11) is 2.03. The molecular weight excluding hydrogens is 306 g/mol. The van der Waals surface area contributed by atoms with Crippen molar-refractivity contribution in [2.45, 2.75) is 31.7 Å². The molecule has 2 aliphatic rings. The Morgan fingerprint density at radius 3 is 2.58 bits per heavy atom. The number of halogens is 1. The average Bonchev–Trinajstić information content (AvgIpc) is 3.22. The molecule has 0 spiro atoms. The van der Waals surface area contributed by atoms with Crippen LogP contribution in [0.25, 0.3) is 0 Å². The molecule has 0 saturated heterocycles. The normalized spacial score (nSPS) is 19.9. The summed E-state index contributed by atoms with van der Waals surface area (Å²) in [6.07, 6.45) is 4.90. The van der Waals surface area contributed by atoms with Crippen LogP contribution in [0.2, 0.25) is 0 Å². The van der Waals surface area contributed by atoms with Gasteiger partial charge < -0.3 is 14.8 Å². The highest BCUT2D eigenvalue weighted by Gasteiger charge is 2.27. The molecule has 3 rings (SSSR count). The Kier molecular flexibility index (Phi) is 3.99. The molecule has 1 N–H and O–H groups in total. The lowest BCUT2D eigenvalue weighted by atomic mass is 10.0. The molecule has 0 amide bonds. The summed E-state index contributed by atoms with van der Waals surface area (Å²) in [4.78, 5) is 0. The number of hydrogen-bond acceptors (Lipinski definition) is 3. The van der Waals surface area contributed by atoms with Gasteiger partial charge in [-0.1, -0.05) is 28.8 Å². The Bertz CT molecular complexity index is 460. The number of fused-ring (bicyclic) bond motifs is 1. The van der Waals surface area contributed by atoms with E-state index in [-0.39, 0.29) is 0 Å². The van der Waals surface area contributed by atoms with Crippen LogP contribution in [-0.4, -0.2) is 20.3 Å². The smallest absolute Gasteiger partial charge is 0.162 e. The number of hydrogen-bond donors (Lipinski definition) is 1. The van der Waals surface area contributed by atoms with Gasteiger partial charge in [-0.05, 0) is 37.1 Å². The van der Waals surface area contributed by atoms with Crippen LogP contribution >= 0.6 is 15.9 Å². The summed E-state index contributed by atoms with van der Waals surface area (Å²) in [5, 5.41) is 3.43. The fourth-order valence-electron chi connectivity index (χ4n) is 2.55. The molecule has 1 aromatic carbocycles. The van der Waals surface area contributed by atoms with Gasteiger partial charge in [0.15, 0.2) is 11.5 Å². The van der Waals surface area contributed by atoms with Crippen LogP contribution in [-0.2, 0) is 0 Å². The highest BCUT2D eigenvalue weighted by atomic mass is 79.9. The first-order valence-corrected chi connectivity index (χ1v) is 7.83. The van der Waals surface area contributed by atoms with Gasteiger partial charge in [0.05, 0.1) is 13.2 Å². The molecule has 1 aliphatic heterocycles. The van der Waals surface area contributed by atoms with E-state index in [9.17, 15) is 0 Å². The maximum absolute atomic E-state index is 5.79. The second-order valence-corrected chi connectivity index (χ2v) is 6.25. The third kappa shape index (κ3) is 3.06. The van der Waals surface area contributed by atoms with Crippen LogP contribution in [0.15, 0.2) is 16.6 Å². The van der Waals surface area contributed by atoms with Gasteiger partial charge in [0.2, 0.25) is 0 Å². The van der Waals surface area contributed by atoms with Crippen LogP contribution in [0, 0.1) is 5.92 Å². The van der Waals surface area contributed by atoms with Gasteiger partial charge in [-0.25, -0.2) is 0 Å². The molecule has 1 aromatic rings. The van der Waals surface area contributed by atoms with E-state index in [1.165, 1.54) is 24.8 Å². The summed E-state index contributed by atoms with van der Waals surface area (Å²) >= 11 is 3.68. The monoisotopic (exact) mass is 325 g/mol. The van der Waals surface area contributed by atoms with Gasteiger partial charge in [-0.3, -0.25) is 0 Å². The molecule has 1 unspecified atom stereocenters. The molecule has 1 fully saturated rings. The Morgan fingerprint density at radius 1 is 1.26 bits per heavy atom. The summed E-state index contributed by atoms with van der Waals surface area (Å²) in [5.41, 5.74) is 1.28. The van der Waals surface area contributed by atoms with Crippen molar-refractivity contribution in [1.29, 1.82) is 0 Å². The first-order valence-electron chi connectivity index (χ1n) is 7.04. The van der Waals surface area contributed by atoms with Crippen molar-refractivity contribution in [2.75, 3.05) is 20.3 Å². The number of ether oxygens (including phenoxy) is 2. The average molecular weight is 326 g/mol. The fraction of sp³-hybridized carbons (Fsp3) is 0.600. The van der Waals surface area contributed by atoms with Crippen LogP contribution in [0.4, 0.5) is 0 Å². The lowest BCUT2D eigenvalue weighted by Crippen LogP contribution is -2.17. The van der Waals surface area contributed by atoms with E-state index >= 15 is 0 Å². The van der Waals surface area contributed by atoms with Gasteiger partial charge in [-0.15, -0.1) is 0 Å². The van der Waals surface area contributed by atoms with Crippen molar-refractivity contribution in [3.8, 4) is 11.5 Å². The second-order valence-electron chi connectivity index (χ2n) is 5.39. The summed E-state index contributed by atoms with van der Waals surface area (Å²) in [6.45, 7) is 1.47. The number of nitrogens with one attached hydrogen (secondary N) is 1. The van der Waals surface area contributed by atoms with Crippen LogP contribution < -0.4 is 14.8 Å². The van der Waals surface area contributed by atoms with Gasteiger partial charge >= 0.3 is 0 Å². The maximum atomic E-state index is 5.79. The van der Waals surface area contributed by atoms with Gasteiger partial charge in [0.1, 0.15) is 0 Å². The minimum absolute atomic E-state index is 0.388. The van der Waals surface area contributed by atoms with Crippen LogP contribution in [0.3, 0.4) is 0 Å². The third-order valence-electron chi connectivity index (χ3n) is 3.86. The van der Waals surface area contributed by atoms with Gasteiger partial charge in [0, 0.05) is 16.9 Å². The molecule has 19 heavy (non-hydrogen) atoms. The van der Waals surface area contributed by atoms with Crippen LogP contribution in [0.5, 0.6) is 11.5 Å². The fourth-order valence-corrected chi connectivity index (χ4v) is 3.15. The van der Waals surface area contributed by atoms with Crippen molar-refractivity contribution in [3.63, 3.8) is 0 Å². The molecule has 0 radical (unpaired) electrons. The highest BCUT2D eigenvalue weighted by molar-refractivity contribution is 9.10. The minimum atomic E-state index is 0.388. The molecule has 1 saturated carbocycles. The van der Waals surface area contributed by atoms with E-state index in [2.05, 4.69) is 27.3 Å². The summed E-state index contributed by atoms with van der Waals surface area (Å²) < 4.78 is 12.6. The SMILES string of the molecule is CNC(CC1CC1)c1cc2c(cc1Br)OCCCO2. The summed E-state index contributed by atoms with van der Waals surface area (Å²) in [5.74, 6) is 2.63. The van der Waals surface area contributed by atoms with Crippen molar-refractivity contribution < 1.29 is 9.47 Å². The first kappa shape index (κ1) is 13.3. The largest absolute Gasteiger partial charge is 0.490 e. The third-order valence-corrected chi connectivity index (χ3v) is 4.54. The Balaban J connectivity index is 1.88. The van der Waals surface area contributed by atoms with E-state index in [1.807, 2.05) is 13.1 Å². The molecule has 104 valence electrons. The number of rotatable bonds is 4. The zero-order valence-corrected chi connectivity index (χ0v) is 12.8. The van der Waals surface area contributed by atoms with E-state index in [4.69, 9.17) is 9.47 Å². The topological polar surface area (TPSA) is 30.5 Å². The molecule has 0 bridgehead atoms. The molecular formula is C15H20BrNO2. The maximum Gasteiger partial charge on any atom is 0.162 e. The number of benzene rings is 1. The summed E-state index contributed by atoms with van der Waals surface area (Å²) in [6, 6.07) is 4.57. The van der Waals surface area contributed by atoms with Crippen LogP contribution in [0.1, 0.15) is 37.3 Å². The standard InChI is InChI=1S/C15H20BrNO2/c1-17-13(7-10-3-4-10)11-8-14-15(9-12(11)16)19-6-2-5-18-14/h8-10,13,17H,2-7H2,1H3. The second kappa shape index (κ2) is 5.71. The quantitative estimate of drug-likeness (QED) is 0.916.